The number of hydrogen-bond donors (Lipinski definition) is 1. The summed E-state index contributed by atoms with van der Waals surface area (Å²) in [6.07, 6.45) is 3.22. The molecule has 0 bridgehead atoms. The molecule has 5 nitrogen and oxygen atoms in total. The van der Waals surface area contributed by atoms with Crippen molar-refractivity contribution in [2.45, 2.75) is 45.1 Å². The van der Waals surface area contributed by atoms with Gasteiger partial charge in [-0.3, -0.25) is 0 Å². The molecule has 1 aromatic heterocycles. The molecule has 1 heterocycles. The number of nitrogens with zero attached hydrogens (tertiary/aromatic N) is 3. The lowest BCUT2D eigenvalue weighted by atomic mass is 10.0. The zero-order valence-corrected chi connectivity index (χ0v) is 10.8. The van der Waals surface area contributed by atoms with Crippen molar-refractivity contribution in [1.82, 2.24) is 10.2 Å². The number of anilines is 1. The largest absolute Gasteiger partial charge is 0.408 e. The minimum absolute atomic E-state index is 0.0440. The molecule has 5 heteroatoms. The quantitative estimate of drug-likeness (QED) is 0.820. The smallest absolute Gasteiger partial charge is 0.318 e. The Morgan fingerprint density at radius 2 is 2.12 bits per heavy atom. The second-order valence-corrected chi connectivity index (χ2v) is 5.27. The van der Waals surface area contributed by atoms with Gasteiger partial charge in [0.1, 0.15) is 0 Å². The van der Waals surface area contributed by atoms with Gasteiger partial charge >= 0.3 is 6.01 Å². The van der Waals surface area contributed by atoms with E-state index in [0.29, 0.717) is 17.9 Å². The molecule has 1 fully saturated rings. The van der Waals surface area contributed by atoms with Gasteiger partial charge < -0.3 is 14.4 Å². The average Bonchev–Trinajstić information content (AvgIpc) is 3.03. The summed E-state index contributed by atoms with van der Waals surface area (Å²) in [7, 11) is 1.90. The molecule has 0 saturated heterocycles. The van der Waals surface area contributed by atoms with E-state index in [1.165, 1.54) is 0 Å². The van der Waals surface area contributed by atoms with E-state index in [2.05, 4.69) is 24.0 Å². The first-order valence-electron chi connectivity index (χ1n) is 6.29. The molecule has 0 spiro atoms. The van der Waals surface area contributed by atoms with E-state index in [9.17, 15) is 5.11 Å². The monoisotopic (exact) mass is 239 g/mol. The van der Waals surface area contributed by atoms with Crippen molar-refractivity contribution in [3.8, 4) is 0 Å². The van der Waals surface area contributed by atoms with Crippen LogP contribution >= 0.6 is 0 Å². The van der Waals surface area contributed by atoms with E-state index in [4.69, 9.17) is 4.42 Å². The first-order valence-corrected chi connectivity index (χ1v) is 6.29. The Morgan fingerprint density at radius 3 is 2.65 bits per heavy atom. The van der Waals surface area contributed by atoms with Gasteiger partial charge in [0.2, 0.25) is 5.89 Å². The van der Waals surface area contributed by atoms with Crippen LogP contribution in [0.15, 0.2) is 4.42 Å². The van der Waals surface area contributed by atoms with Crippen molar-refractivity contribution in [2.75, 3.05) is 18.6 Å². The van der Waals surface area contributed by atoms with Crippen molar-refractivity contribution in [1.29, 1.82) is 0 Å². The molecular weight excluding hydrogens is 218 g/mol. The molecule has 96 valence electrons. The molecule has 1 atom stereocenters. The fourth-order valence-corrected chi connectivity index (χ4v) is 1.92. The summed E-state index contributed by atoms with van der Waals surface area (Å²) in [4.78, 5) is 1.89. The van der Waals surface area contributed by atoms with Crippen LogP contribution in [-0.2, 0) is 0 Å². The van der Waals surface area contributed by atoms with Crippen molar-refractivity contribution < 1.29 is 9.52 Å². The Kier molecular flexibility index (Phi) is 3.66. The van der Waals surface area contributed by atoms with Crippen LogP contribution in [0.2, 0.25) is 0 Å². The van der Waals surface area contributed by atoms with Gasteiger partial charge in [-0.2, -0.15) is 0 Å². The summed E-state index contributed by atoms with van der Waals surface area (Å²) in [5.41, 5.74) is 0. The van der Waals surface area contributed by atoms with Gasteiger partial charge in [0.05, 0.1) is 12.6 Å². The highest BCUT2D eigenvalue weighted by atomic mass is 16.4. The standard InChI is InChI=1S/C12H21N3O2/c1-8(2)6-10(7-16)15(3)12-14-13-11(17-12)9-4-5-9/h8-10,16H,4-7H2,1-3H3. The second kappa shape index (κ2) is 5.04. The van der Waals surface area contributed by atoms with Crippen LogP contribution in [0.1, 0.15) is 44.9 Å². The number of aromatic nitrogens is 2. The Bertz CT molecular complexity index is 360. The first kappa shape index (κ1) is 12.4. The molecule has 1 N–H and O–H groups in total. The molecule has 17 heavy (non-hydrogen) atoms. The highest BCUT2D eigenvalue weighted by molar-refractivity contribution is 5.25. The number of aliphatic hydroxyl groups excluding tert-OH is 1. The van der Waals surface area contributed by atoms with Crippen LogP contribution in [0.25, 0.3) is 0 Å². The molecule has 0 aliphatic heterocycles. The Morgan fingerprint density at radius 1 is 1.41 bits per heavy atom. The van der Waals surface area contributed by atoms with Gasteiger partial charge in [-0.05, 0) is 25.2 Å². The van der Waals surface area contributed by atoms with Crippen molar-refractivity contribution in [3.63, 3.8) is 0 Å². The second-order valence-electron chi connectivity index (χ2n) is 5.27. The number of aliphatic hydroxyl groups is 1. The summed E-state index contributed by atoms with van der Waals surface area (Å²) in [6, 6.07) is 0.564. The first-order chi connectivity index (χ1) is 8.11. The third-order valence-corrected chi connectivity index (χ3v) is 3.16. The van der Waals surface area contributed by atoms with E-state index in [-0.39, 0.29) is 12.6 Å². The number of rotatable bonds is 6. The van der Waals surface area contributed by atoms with Crippen LogP contribution in [0.3, 0.4) is 0 Å². The molecule has 1 aliphatic carbocycles. The van der Waals surface area contributed by atoms with Gasteiger partial charge in [0, 0.05) is 13.0 Å². The molecule has 2 rings (SSSR count). The normalized spacial score (nSPS) is 17.5. The molecule has 0 aromatic carbocycles. The van der Waals surface area contributed by atoms with E-state index in [0.717, 1.165) is 25.2 Å². The highest BCUT2D eigenvalue weighted by Gasteiger charge is 2.30. The fourth-order valence-electron chi connectivity index (χ4n) is 1.92. The lowest BCUT2D eigenvalue weighted by Gasteiger charge is -2.25. The average molecular weight is 239 g/mol. The maximum absolute atomic E-state index is 9.40. The van der Waals surface area contributed by atoms with E-state index in [1.807, 2.05) is 11.9 Å². The van der Waals surface area contributed by atoms with Crippen molar-refractivity contribution in [2.24, 2.45) is 5.92 Å². The molecule has 1 aliphatic rings. The zero-order chi connectivity index (χ0) is 12.4. The fraction of sp³-hybridized carbons (Fsp3) is 0.833. The molecule has 1 unspecified atom stereocenters. The SMILES string of the molecule is CC(C)CC(CO)N(C)c1nnc(C2CC2)o1. The summed E-state index contributed by atoms with van der Waals surface area (Å²) >= 11 is 0. The third-order valence-electron chi connectivity index (χ3n) is 3.16. The van der Waals surface area contributed by atoms with Gasteiger partial charge in [0.25, 0.3) is 0 Å². The lowest BCUT2D eigenvalue weighted by molar-refractivity contribution is 0.241. The molecule has 1 saturated carbocycles. The van der Waals surface area contributed by atoms with Crippen molar-refractivity contribution >= 4 is 6.01 Å². The predicted octanol–water partition coefficient (Wildman–Crippen LogP) is 1.79. The lowest BCUT2D eigenvalue weighted by Crippen LogP contribution is -2.36. The van der Waals surface area contributed by atoms with Gasteiger partial charge in [0.15, 0.2) is 0 Å². The van der Waals surface area contributed by atoms with Gasteiger partial charge in [-0.1, -0.05) is 18.9 Å². The van der Waals surface area contributed by atoms with E-state index < -0.39 is 0 Å². The molecular formula is C12H21N3O2. The van der Waals surface area contributed by atoms with Crippen LogP contribution in [0.4, 0.5) is 6.01 Å². The van der Waals surface area contributed by atoms with Crippen LogP contribution in [0.5, 0.6) is 0 Å². The molecule has 0 radical (unpaired) electrons. The highest BCUT2D eigenvalue weighted by Crippen LogP contribution is 2.39. The topological polar surface area (TPSA) is 62.4 Å². The Hall–Kier alpha value is -1.10. The van der Waals surface area contributed by atoms with Crippen LogP contribution in [0, 0.1) is 5.92 Å². The minimum atomic E-state index is 0.0440. The summed E-state index contributed by atoms with van der Waals surface area (Å²) in [5.74, 6) is 1.75. The summed E-state index contributed by atoms with van der Waals surface area (Å²) in [6.45, 7) is 4.38. The van der Waals surface area contributed by atoms with Gasteiger partial charge in [-0.15, -0.1) is 5.10 Å². The minimum Gasteiger partial charge on any atom is -0.408 e. The van der Waals surface area contributed by atoms with Crippen LogP contribution in [-0.4, -0.2) is 35.0 Å². The third kappa shape index (κ3) is 2.97. The molecule has 1 aromatic rings. The number of hydrogen-bond acceptors (Lipinski definition) is 5. The maximum Gasteiger partial charge on any atom is 0.318 e. The van der Waals surface area contributed by atoms with Gasteiger partial charge in [-0.25, -0.2) is 0 Å². The maximum atomic E-state index is 9.40. The van der Waals surface area contributed by atoms with Crippen molar-refractivity contribution in [3.05, 3.63) is 5.89 Å². The van der Waals surface area contributed by atoms with Crippen LogP contribution < -0.4 is 4.90 Å². The van der Waals surface area contributed by atoms with E-state index >= 15 is 0 Å². The molecule has 0 amide bonds. The van der Waals surface area contributed by atoms with E-state index in [1.54, 1.807) is 0 Å². The predicted molar refractivity (Wildman–Crippen MR) is 65.0 cm³/mol. The zero-order valence-electron chi connectivity index (χ0n) is 10.8. The summed E-state index contributed by atoms with van der Waals surface area (Å²) in [5, 5.41) is 17.5. The number of likely N-dealkylation sites (N-methyl/N-ethyl adjacent to an activating group) is 1. The Balaban J connectivity index is 2.02. The summed E-state index contributed by atoms with van der Waals surface area (Å²) < 4.78 is 5.63. The Labute approximate surface area is 102 Å².